The molecule has 0 unspecified atom stereocenters. The van der Waals surface area contributed by atoms with Crippen LogP contribution in [0.25, 0.3) is 0 Å². The van der Waals surface area contributed by atoms with E-state index in [0.29, 0.717) is 5.56 Å². The molecular weight excluding hydrogens is 278 g/mol. The van der Waals surface area contributed by atoms with Gasteiger partial charge in [-0.15, -0.1) is 0 Å². The number of benzene rings is 2. The van der Waals surface area contributed by atoms with E-state index in [4.69, 9.17) is 0 Å². The van der Waals surface area contributed by atoms with Crippen molar-refractivity contribution in [3.63, 3.8) is 0 Å². The highest BCUT2D eigenvalue weighted by atomic mass is 79.9. The van der Waals surface area contributed by atoms with Gasteiger partial charge >= 0.3 is 0 Å². The van der Waals surface area contributed by atoms with Crippen LogP contribution in [0.1, 0.15) is 17.3 Å². The van der Waals surface area contributed by atoms with E-state index in [0.717, 1.165) is 15.8 Å². The minimum Gasteiger partial charge on any atom is -0.356 e. The summed E-state index contributed by atoms with van der Waals surface area (Å²) in [5.41, 5.74) is 2.63. The van der Waals surface area contributed by atoms with Crippen LogP contribution in [0.4, 0.5) is 11.4 Å². The summed E-state index contributed by atoms with van der Waals surface area (Å²) in [5.74, 6) is 0.0736. The Bertz CT molecular complexity index is 534. The molecule has 3 heteroatoms. The van der Waals surface area contributed by atoms with Crippen molar-refractivity contribution >= 4 is 33.1 Å². The van der Waals surface area contributed by atoms with E-state index in [-0.39, 0.29) is 5.78 Å². The second-order valence-electron chi connectivity index (χ2n) is 3.77. The Kier molecular flexibility index (Phi) is 3.59. The Hall–Kier alpha value is -1.61. The van der Waals surface area contributed by atoms with Crippen molar-refractivity contribution in [2.45, 2.75) is 6.92 Å². The average Bonchev–Trinajstić information content (AvgIpc) is 2.32. The molecule has 0 spiro atoms. The first kappa shape index (κ1) is 11.9. The van der Waals surface area contributed by atoms with Crippen LogP contribution in [-0.2, 0) is 0 Å². The van der Waals surface area contributed by atoms with Crippen molar-refractivity contribution in [1.29, 1.82) is 0 Å². The molecule has 0 aliphatic heterocycles. The topological polar surface area (TPSA) is 29.1 Å². The molecule has 0 aliphatic carbocycles. The molecule has 0 aromatic heterocycles. The van der Waals surface area contributed by atoms with Crippen LogP contribution in [-0.4, -0.2) is 5.78 Å². The molecule has 0 radical (unpaired) electrons. The van der Waals surface area contributed by atoms with Crippen molar-refractivity contribution < 1.29 is 4.79 Å². The minimum atomic E-state index is 0.0736. The van der Waals surface area contributed by atoms with Crippen molar-refractivity contribution in [1.82, 2.24) is 0 Å². The van der Waals surface area contributed by atoms with Crippen LogP contribution in [0.3, 0.4) is 0 Å². The van der Waals surface area contributed by atoms with E-state index < -0.39 is 0 Å². The molecule has 2 aromatic carbocycles. The Balaban J connectivity index is 2.21. The van der Waals surface area contributed by atoms with E-state index in [1.165, 1.54) is 0 Å². The van der Waals surface area contributed by atoms with Gasteiger partial charge in [-0.2, -0.15) is 0 Å². The summed E-state index contributed by atoms with van der Waals surface area (Å²) in [6, 6.07) is 15.4. The second kappa shape index (κ2) is 5.15. The van der Waals surface area contributed by atoms with Gasteiger partial charge in [-0.3, -0.25) is 4.79 Å². The summed E-state index contributed by atoms with van der Waals surface area (Å²) in [4.78, 5) is 11.3. The van der Waals surface area contributed by atoms with Crippen molar-refractivity contribution in [2.24, 2.45) is 0 Å². The minimum absolute atomic E-state index is 0.0736. The summed E-state index contributed by atoms with van der Waals surface area (Å²) in [6.07, 6.45) is 0. The third kappa shape index (κ3) is 3.17. The molecule has 0 amide bonds. The maximum atomic E-state index is 11.3. The lowest BCUT2D eigenvalue weighted by Gasteiger charge is -2.07. The zero-order chi connectivity index (χ0) is 12.3. The summed E-state index contributed by atoms with van der Waals surface area (Å²) in [7, 11) is 0. The molecule has 0 fully saturated rings. The summed E-state index contributed by atoms with van der Waals surface area (Å²) in [6.45, 7) is 1.57. The predicted octanol–water partition coefficient (Wildman–Crippen LogP) is 4.40. The molecule has 0 atom stereocenters. The Morgan fingerprint density at radius 2 is 1.76 bits per heavy atom. The molecule has 2 rings (SSSR count). The largest absolute Gasteiger partial charge is 0.356 e. The molecule has 0 aliphatic rings. The molecule has 86 valence electrons. The molecule has 0 bridgehead atoms. The number of anilines is 2. The quantitative estimate of drug-likeness (QED) is 0.849. The highest BCUT2D eigenvalue weighted by molar-refractivity contribution is 9.10. The van der Waals surface area contributed by atoms with E-state index in [1.54, 1.807) is 6.92 Å². The number of carbonyl (C=O) groups is 1. The van der Waals surface area contributed by atoms with Crippen LogP contribution in [0.15, 0.2) is 53.0 Å². The number of nitrogens with one attached hydrogen (secondary N) is 1. The van der Waals surface area contributed by atoms with Crippen LogP contribution < -0.4 is 5.32 Å². The monoisotopic (exact) mass is 289 g/mol. The van der Waals surface area contributed by atoms with E-state index in [2.05, 4.69) is 21.2 Å². The lowest BCUT2D eigenvalue weighted by atomic mass is 10.1. The zero-order valence-corrected chi connectivity index (χ0v) is 11.0. The normalized spacial score (nSPS) is 10.0. The Morgan fingerprint density at radius 1 is 1.06 bits per heavy atom. The van der Waals surface area contributed by atoms with Gasteiger partial charge in [-0.1, -0.05) is 28.1 Å². The molecule has 1 N–H and O–H groups in total. The first-order valence-corrected chi connectivity index (χ1v) is 6.08. The molecule has 0 saturated heterocycles. The fourth-order valence-electron chi connectivity index (χ4n) is 1.52. The van der Waals surface area contributed by atoms with Crippen LogP contribution in [0.5, 0.6) is 0 Å². The van der Waals surface area contributed by atoms with Gasteiger partial charge < -0.3 is 5.32 Å². The van der Waals surface area contributed by atoms with Gasteiger partial charge in [-0.05, 0) is 43.3 Å². The fraction of sp³-hybridized carbons (Fsp3) is 0.0714. The highest BCUT2D eigenvalue weighted by Crippen LogP contribution is 2.20. The molecule has 17 heavy (non-hydrogen) atoms. The van der Waals surface area contributed by atoms with Gasteiger partial charge in [0, 0.05) is 21.4 Å². The number of ketones is 1. The van der Waals surface area contributed by atoms with Crippen LogP contribution >= 0.6 is 15.9 Å². The number of Topliss-reactive ketones (excluding diaryl/α,β-unsaturated/α-hetero) is 1. The Morgan fingerprint density at radius 3 is 2.41 bits per heavy atom. The van der Waals surface area contributed by atoms with Gasteiger partial charge in [0.05, 0.1) is 0 Å². The third-order valence-electron chi connectivity index (χ3n) is 2.40. The summed E-state index contributed by atoms with van der Waals surface area (Å²) < 4.78 is 1.04. The molecule has 2 nitrogen and oxygen atoms in total. The molecular formula is C14H12BrNO. The third-order valence-corrected chi connectivity index (χ3v) is 2.93. The van der Waals surface area contributed by atoms with Crippen molar-refractivity contribution in [2.75, 3.05) is 5.32 Å². The Labute approximate surface area is 109 Å². The van der Waals surface area contributed by atoms with E-state index in [9.17, 15) is 4.79 Å². The average molecular weight is 290 g/mol. The molecule has 0 heterocycles. The van der Waals surface area contributed by atoms with Crippen molar-refractivity contribution in [3.8, 4) is 0 Å². The number of hydrogen-bond acceptors (Lipinski definition) is 2. The SMILES string of the molecule is CC(=O)c1cccc(Nc2ccc(Br)cc2)c1. The number of carbonyl (C=O) groups excluding carboxylic acids is 1. The van der Waals surface area contributed by atoms with Crippen LogP contribution in [0.2, 0.25) is 0 Å². The van der Waals surface area contributed by atoms with Gasteiger partial charge in [0.25, 0.3) is 0 Å². The maximum absolute atomic E-state index is 11.3. The smallest absolute Gasteiger partial charge is 0.159 e. The highest BCUT2D eigenvalue weighted by Gasteiger charge is 2.00. The predicted molar refractivity (Wildman–Crippen MR) is 73.9 cm³/mol. The van der Waals surface area contributed by atoms with Crippen LogP contribution in [0, 0.1) is 0 Å². The van der Waals surface area contributed by atoms with Gasteiger partial charge in [0.2, 0.25) is 0 Å². The first-order chi connectivity index (χ1) is 8.15. The van der Waals surface area contributed by atoms with Gasteiger partial charge in [-0.25, -0.2) is 0 Å². The lowest BCUT2D eigenvalue weighted by molar-refractivity contribution is 0.101. The number of hydrogen-bond donors (Lipinski definition) is 1. The maximum Gasteiger partial charge on any atom is 0.159 e. The number of rotatable bonds is 3. The van der Waals surface area contributed by atoms with E-state index in [1.807, 2.05) is 48.5 Å². The van der Waals surface area contributed by atoms with Crippen molar-refractivity contribution in [3.05, 3.63) is 58.6 Å². The molecule has 0 saturated carbocycles. The van der Waals surface area contributed by atoms with E-state index >= 15 is 0 Å². The lowest BCUT2D eigenvalue weighted by Crippen LogP contribution is -1.95. The van der Waals surface area contributed by atoms with Gasteiger partial charge in [0.1, 0.15) is 0 Å². The molecule has 2 aromatic rings. The second-order valence-corrected chi connectivity index (χ2v) is 4.68. The summed E-state index contributed by atoms with van der Waals surface area (Å²) >= 11 is 3.39. The summed E-state index contributed by atoms with van der Waals surface area (Å²) in [5, 5.41) is 3.25. The first-order valence-electron chi connectivity index (χ1n) is 5.29. The van der Waals surface area contributed by atoms with Gasteiger partial charge in [0.15, 0.2) is 5.78 Å². The number of halogens is 1. The zero-order valence-electron chi connectivity index (χ0n) is 9.41. The standard InChI is InChI=1S/C14H12BrNO/c1-10(17)11-3-2-4-14(9-11)16-13-7-5-12(15)6-8-13/h2-9,16H,1H3. The fourth-order valence-corrected chi connectivity index (χ4v) is 1.78.